The van der Waals surface area contributed by atoms with Crippen molar-refractivity contribution in [1.82, 2.24) is 19.8 Å². The van der Waals surface area contributed by atoms with Gasteiger partial charge in [-0.15, -0.1) is 22.7 Å². The van der Waals surface area contributed by atoms with Gasteiger partial charge in [0.05, 0.1) is 36.0 Å². The monoisotopic (exact) mass is 627 g/mol. The Labute approximate surface area is 255 Å². The summed E-state index contributed by atoms with van der Waals surface area (Å²) in [5, 5.41) is 3.55. The number of likely N-dealkylation sites (tertiary alicyclic amines) is 2. The first-order chi connectivity index (χ1) is 20.4. The third kappa shape index (κ3) is 6.14. The lowest BCUT2D eigenvalue weighted by Gasteiger charge is -2.33. The molecule has 1 aromatic carbocycles. The van der Waals surface area contributed by atoms with Crippen LogP contribution in [0.1, 0.15) is 37.5 Å². The summed E-state index contributed by atoms with van der Waals surface area (Å²) >= 11 is 2.85. The molecular formula is C30H37N5O4S3. The number of amides is 1. The number of para-hydroxylation sites is 1. The minimum Gasteiger partial charge on any atom is -0.380 e. The molecule has 4 aromatic rings. The summed E-state index contributed by atoms with van der Waals surface area (Å²) in [6.07, 6.45) is 6.18. The highest BCUT2D eigenvalue weighted by Crippen LogP contribution is 2.36. The van der Waals surface area contributed by atoms with Crippen LogP contribution in [0.2, 0.25) is 0 Å². The molecule has 1 atom stereocenters. The number of benzene rings is 1. The van der Waals surface area contributed by atoms with E-state index in [0.717, 1.165) is 84.9 Å². The maximum atomic E-state index is 13.7. The third-order valence-electron chi connectivity index (χ3n) is 8.02. The van der Waals surface area contributed by atoms with E-state index < -0.39 is 10.0 Å². The second-order valence-electron chi connectivity index (χ2n) is 10.9. The van der Waals surface area contributed by atoms with E-state index in [1.165, 1.54) is 15.6 Å². The van der Waals surface area contributed by atoms with Crippen LogP contribution in [0, 0.1) is 5.92 Å². The molecule has 3 aromatic heterocycles. The van der Waals surface area contributed by atoms with E-state index in [2.05, 4.69) is 9.88 Å². The largest absolute Gasteiger partial charge is 0.380 e. The fourth-order valence-corrected chi connectivity index (χ4v) is 9.46. The average molecular weight is 628 g/mol. The van der Waals surface area contributed by atoms with E-state index in [-0.39, 0.29) is 12.5 Å². The van der Waals surface area contributed by atoms with Gasteiger partial charge < -0.3 is 14.6 Å². The van der Waals surface area contributed by atoms with Crippen LogP contribution in [-0.2, 0) is 26.1 Å². The molecule has 0 radical (unpaired) electrons. The number of aromatic nitrogens is 2. The van der Waals surface area contributed by atoms with Crippen LogP contribution in [-0.4, -0.2) is 80.0 Å². The number of piperidine rings is 1. The number of hydrogen-bond acceptors (Lipinski definition) is 8. The van der Waals surface area contributed by atoms with Gasteiger partial charge in [0.1, 0.15) is 9.22 Å². The topological polar surface area (TPSA) is 98.8 Å². The highest BCUT2D eigenvalue weighted by molar-refractivity contribution is 7.94. The Balaban J connectivity index is 1.22. The van der Waals surface area contributed by atoms with E-state index in [9.17, 15) is 13.2 Å². The second kappa shape index (κ2) is 12.8. The summed E-state index contributed by atoms with van der Waals surface area (Å²) in [5.74, 6) is 0.417. The van der Waals surface area contributed by atoms with Crippen molar-refractivity contribution in [2.45, 2.75) is 43.4 Å². The molecular weight excluding hydrogens is 591 g/mol. The van der Waals surface area contributed by atoms with E-state index in [1.807, 2.05) is 42.3 Å². The second-order valence-corrected chi connectivity index (χ2v) is 15.0. The summed E-state index contributed by atoms with van der Waals surface area (Å²) in [7, 11) is -3.76. The van der Waals surface area contributed by atoms with Crippen molar-refractivity contribution in [3.05, 3.63) is 52.9 Å². The van der Waals surface area contributed by atoms with Crippen molar-refractivity contribution in [2.75, 3.05) is 50.2 Å². The molecule has 1 unspecified atom stereocenters. The number of nitrogens with zero attached hydrogens (tertiary/aromatic N) is 4. The molecule has 0 saturated carbocycles. The van der Waals surface area contributed by atoms with Crippen molar-refractivity contribution in [3.63, 3.8) is 0 Å². The Morgan fingerprint density at radius 3 is 2.81 bits per heavy atom. The zero-order valence-corrected chi connectivity index (χ0v) is 26.3. The van der Waals surface area contributed by atoms with Crippen molar-refractivity contribution in [1.29, 1.82) is 0 Å². The molecule has 1 N–H and O–H groups in total. The molecule has 0 spiro atoms. The zero-order chi connectivity index (χ0) is 29.1. The number of thiazole rings is 1. The van der Waals surface area contributed by atoms with Gasteiger partial charge in [-0.1, -0.05) is 18.2 Å². The molecule has 5 heterocycles. The Morgan fingerprint density at radius 2 is 2.02 bits per heavy atom. The van der Waals surface area contributed by atoms with E-state index in [1.54, 1.807) is 28.8 Å². The number of sulfonamides is 1. The molecule has 0 bridgehead atoms. The van der Waals surface area contributed by atoms with Crippen molar-refractivity contribution in [2.24, 2.45) is 5.92 Å². The maximum absolute atomic E-state index is 13.7. The Hall–Kier alpha value is -2.77. The van der Waals surface area contributed by atoms with Gasteiger partial charge in [-0.2, -0.15) is 0 Å². The molecule has 2 aliphatic heterocycles. The minimum atomic E-state index is -3.76. The average Bonchev–Trinajstić information content (AvgIpc) is 3.81. The first-order valence-corrected chi connectivity index (χ1v) is 17.8. The van der Waals surface area contributed by atoms with Gasteiger partial charge in [0.2, 0.25) is 5.91 Å². The number of nitrogens with one attached hydrogen (secondary N) is 1. The smallest absolute Gasteiger partial charge is 0.273 e. The van der Waals surface area contributed by atoms with Crippen LogP contribution < -0.4 is 4.31 Å². The predicted octanol–water partition coefficient (Wildman–Crippen LogP) is 5.42. The normalized spacial score (nSPS) is 18.2. The fraction of sp³-hybridized carbons (Fsp3) is 0.467. The van der Waals surface area contributed by atoms with Crippen LogP contribution in [0.3, 0.4) is 0 Å². The molecule has 0 aliphatic carbocycles. The van der Waals surface area contributed by atoms with Crippen molar-refractivity contribution >= 4 is 55.2 Å². The van der Waals surface area contributed by atoms with Crippen molar-refractivity contribution in [3.8, 4) is 10.7 Å². The molecule has 2 aliphatic rings. The van der Waals surface area contributed by atoms with Gasteiger partial charge >= 0.3 is 0 Å². The van der Waals surface area contributed by atoms with Gasteiger partial charge in [0.15, 0.2) is 0 Å². The van der Waals surface area contributed by atoms with Crippen LogP contribution in [0.25, 0.3) is 21.6 Å². The number of hydrogen-bond donors (Lipinski definition) is 1. The van der Waals surface area contributed by atoms with Crippen molar-refractivity contribution < 1.29 is 17.9 Å². The molecule has 1 amide bonds. The van der Waals surface area contributed by atoms with Gasteiger partial charge in [-0.25, -0.2) is 13.4 Å². The molecule has 2 fully saturated rings. The van der Waals surface area contributed by atoms with E-state index >= 15 is 0 Å². The third-order valence-corrected chi connectivity index (χ3v) is 12.2. The molecule has 9 nitrogen and oxygen atoms in total. The summed E-state index contributed by atoms with van der Waals surface area (Å²) in [4.78, 5) is 26.8. The molecule has 42 heavy (non-hydrogen) atoms. The fourth-order valence-electron chi connectivity index (χ4n) is 5.97. The van der Waals surface area contributed by atoms with Crippen LogP contribution in [0.4, 0.5) is 5.69 Å². The van der Waals surface area contributed by atoms with Gasteiger partial charge in [0.25, 0.3) is 10.0 Å². The molecule has 2 saturated heterocycles. The summed E-state index contributed by atoms with van der Waals surface area (Å²) < 4.78 is 34.6. The number of carbonyl (C=O) groups is 1. The Morgan fingerprint density at radius 1 is 1.17 bits per heavy atom. The number of rotatable bonds is 11. The lowest BCUT2D eigenvalue weighted by Crippen LogP contribution is -2.43. The Kier molecular flexibility index (Phi) is 8.96. The lowest BCUT2D eigenvalue weighted by molar-refractivity contribution is -0.136. The zero-order valence-electron chi connectivity index (χ0n) is 23.8. The predicted molar refractivity (Wildman–Crippen MR) is 169 cm³/mol. The first-order valence-electron chi connectivity index (χ1n) is 14.7. The summed E-state index contributed by atoms with van der Waals surface area (Å²) in [6, 6.07) is 11.1. The van der Waals surface area contributed by atoms with Crippen LogP contribution >= 0.6 is 22.7 Å². The number of aromatic amines is 1. The number of anilines is 1. The molecule has 12 heteroatoms. The van der Waals surface area contributed by atoms with Crippen LogP contribution in [0.5, 0.6) is 0 Å². The quantitative estimate of drug-likeness (QED) is 0.223. The number of H-pyrrole nitrogens is 1. The minimum absolute atomic E-state index is 0.0903. The number of thiophene rings is 1. The van der Waals surface area contributed by atoms with Crippen LogP contribution in [0.15, 0.2) is 52.2 Å². The summed E-state index contributed by atoms with van der Waals surface area (Å²) in [5.41, 5.74) is 2.19. The standard InChI is InChI=1S/C30H37N5O4S3/c1-2-39-16-15-35(42(37,38)27-11-7-17-40-27)26-10-5-8-22-18-25(32-28(22)26)29-31-19-24(41-29)21-33-12-6-9-23(20-33)30(36)34-13-3-4-14-34/h5,7-8,10-11,17-19,23,32H,2-4,6,9,12-16,20-21H2,1H3. The van der Waals surface area contributed by atoms with Gasteiger partial charge in [0, 0.05) is 49.2 Å². The Bertz CT molecular complexity index is 1610. The van der Waals surface area contributed by atoms with Gasteiger partial charge in [-0.3, -0.25) is 14.0 Å². The maximum Gasteiger partial charge on any atom is 0.273 e. The number of fused-ring (bicyclic) bond motifs is 1. The van der Waals surface area contributed by atoms with E-state index in [0.29, 0.717) is 29.0 Å². The highest BCUT2D eigenvalue weighted by Gasteiger charge is 2.31. The first kappa shape index (κ1) is 29.3. The number of carbonyl (C=O) groups excluding carboxylic acids is 1. The highest BCUT2D eigenvalue weighted by atomic mass is 32.2. The SMILES string of the molecule is CCOCCN(c1cccc2cc(-c3ncc(CN4CCCC(C(=O)N5CCCC5)C4)s3)[nH]c12)S(=O)(=O)c1cccs1. The number of ether oxygens (including phenoxy) is 1. The van der Waals surface area contributed by atoms with E-state index in [4.69, 9.17) is 9.72 Å². The summed E-state index contributed by atoms with van der Waals surface area (Å²) in [6.45, 7) is 7.30. The molecule has 6 rings (SSSR count). The molecule has 224 valence electrons. The lowest BCUT2D eigenvalue weighted by atomic mass is 9.96. The van der Waals surface area contributed by atoms with Gasteiger partial charge in [-0.05, 0) is 62.7 Å².